The first kappa shape index (κ1) is 28.9. The molecule has 0 aliphatic rings. The fourth-order valence-corrected chi connectivity index (χ4v) is 3.70. The van der Waals surface area contributed by atoms with E-state index in [4.69, 9.17) is 19.4 Å². The molecule has 0 atom stereocenters. The second-order valence-corrected chi connectivity index (χ2v) is 9.05. The topological polar surface area (TPSA) is 100 Å². The van der Waals surface area contributed by atoms with Crippen molar-refractivity contribution in [1.29, 1.82) is 0 Å². The standard InChI is InChI=1S/C24H28BrNO2.C4H4O4/c1-3-14-26(2)15-6-4-5-7-16-27-21-12-13-22-23(18-28-24(22)17-21)19-8-10-20(25)11-9-19;5-3(6)1-2-4(7)8/h3,8-13,17-18H,1,4-7,14-16H2,2H3;1-2H,(H,5,6)(H,7,8)/b;2-1+. The number of carboxylic acid groups (broad SMARTS) is 2. The molecule has 0 unspecified atom stereocenters. The quantitative estimate of drug-likeness (QED) is 0.138. The van der Waals surface area contributed by atoms with E-state index in [1.54, 1.807) is 0 Å². The van der Waals surface area contributed by atoms with Gasteiger partial charge in [0, 0.05) is 40.2 Å². The lowest BCUT2D eigenvalue weighted by Crippen LogP contribution is -2.19. The Balaban J connectivity index is 0.000000493. The van der Waals surface area contributed by atoms with Gasteiger partial charge in [-0.1, -0.05) is 47.0 Å². The van der Waals surface area contributed by atoms with Crippen LogP contribution in [-0.2, 0) is 9.59 Å². The lowest BCUT2D eigenvalue weighted by atomic mass is 10.1. The fourth-order valence-electron chi connectivity index (χ4n) is 3.43. The van der Waals surface area contributed by atoms with Crippen LogP contribution >= 0.6 is 15.9 Å². The van der Waals surface area contributed by atoms with Crippen LogP contribution in [0, 0.1) is 0 Å². The summed E-state index contributed by atoms with van der Waals surface area (Å²) in [6, 6.07) is 14.4. The zero-order valence-electron chi connectivity index (χ0n) is 20.4. The van der Waals surface area contributed by atoms with Crippen molar-refractivity contribution in [2.45, 2.75) is 25.7 Å². The summed E-state index contributed by atoms with van der Waals surface area (Å²) in [7, 11) is 2.14. The summed E-state index contributed by atoms with van der Waals surface area (Å²) in [5.41, 5.74) is 3.12. The van der Waals surface area contributed by atoms with E-state index >= 15 is 0 Å². The molecule has 3 aromatic rings. The number of hydrogen-bond acceptors (Lipinski definition) is 5. The van der Waals surface area contributed by atoms with Crippen molar-refractivity contribution < 1.29 is 29.0 Å². The predicted octanol–water partition coefficient (Wildman–Crippen LogP) is 6.63. The van der Waals surface area contributed by atoms with Gasteiger partial charge in [0.2, 0.25) is 0 Å². The van der Waals surface area contributed by atoms with Crippen molar-refractivity contribution >= 4 is 38.8 Å². The zero-order valence-corrected chi connectivity index (χ0v) is 21.9. The molecule has 36 heavy (non-hydrogen) atoms. The lowest BCUT2D eigenvalue weighted by Gasteiger charge is -2.13. The predicted molar refractivity (Wildman–Crippen MR) is 145 cm³/mol. The second kappa shape index (κ2) is 15.6. The average molecular weight is 558 g/mol. The van der Waals surface area contributed by atoms with Gasteiger partial charge < -0.3 is 24.3 Å². The molecule has 0 saturated heterocycles. The minimum absolute atomic E-state index is 0.558. The highest BCUT2D eigenvalue weighted by molar-refractivity contribution is 9.10. The summed E-state index contributed by atoms with van der Waals surface area (Å²) >= 11 is 3.48. The minimum Gasteiger partial charge on any atom is -0.493 e. The van der Waals surface area contributed by atoms with E-state index in [2.05, 4.69) is 52.7 Å². The number of ether oxygens (including phenoxy) is 1. The Bertz CT molecular complexity index is 1140. The van der Waals surface area contributed by atoms with Crippen LogP contribution in [-0.4, -0.2) is 53.8 Å². The van der Waals surface area contributed by atoms with Crippen molar-refractivity contribution in [3.8, 4) is 16.9 Å². The molecular weight excluding hydrogens is 526 g/mol. The maximum atomic E-state index is 9.55. The normalized spacial score (nSPS) is 10.9. The van der Waals surface area contributed by atoms with Crippen molar-refractivity contribution in [2.24, 2.45) is 0 Å². The Morgan fingerprint density at radius 1 is 1.03 bits per heavy atom. The number of likely N-dealkylation sites (N-methyl/N-ethyl adjacent to an activating group) is 1. The molecule has 0 fully saturated rings. The molecule has 0 spiro atoms. The van der Waals surface area contributed by atoms with Crippen LogP contribution in [0.15, 0.2) is 82.4 Å². The van der Waals surface area contributed by atoms with E-state index in [1.165, 1.54) is 19.3 Å². The first-order valence-corrected chi connectivity index (χ1v) is 12.4. The van der Waals surface area contributed by atoms with E-state index in [9.17, 15) is 9.59 Å². The second-order valence-electron chi connectivity index (χ2n) is 8.14. The molecule has 192 valence electrons. The number of nitrogens with zero attached hydrogens (tertiary/aromatic N) is 1. The van der Waals surface area contributed by atoms with Crippen LogP contribution in [0.25, 0.3) is 22.1 Å². The molecule has 3 rings (SSSR count). The highest BCUT2D eigenvalue weighted by Crippen LogP contribution is 2.33. The van der Waals surface area contributed by atoms with Gasteiger partial charge in [-0.15, -0.1) is 6.58 Å². The number of hydrogen-bond donors (Lipinski definition) is 2. The highest BCUT2D eigenvalue weighted by atomic mass is 79.9. The van der Waals surface area contributed by atoms with E-state index in [1.807, 2.05) is 36.6 Å². The SMILES string of the molecule is C=CCN(C)CCCCCCOc1ccc2c(-c3ccc(Br)cc3)coc2c1.O=C(O)/C=C/C(=O)O. The third-order valence-electron chi connectivity index (χ3n) is 5.21. The van der Waals surface area contributed by atoms with Crippen LogP contribution in [0.2, 0.25) is 0 Å². The molecule has 2 N–H and O–H groups in total. The van der Waals surface area contributed by atoms with Crippen LogP contribution in [0.5, 0.6) is 5.75 Å². The van der Waals surface area contributed by atoms with Gasteiger partial charge in [0.1, 0.15) is 11.3 Å². The summed E-state index contributed by atoms with van der Waals surface area (Å²) < 4.78 is 12.8. The van der Waals surface area contributed by atoms with Gasteiger partial charge in [0.05, 0.1) is 12.9 Å². The summed E-state index contributed by atoms with van der Waals surface area (Å²) in [5, 5.41) is 16.7. The largest absolute Gasteiger partial charge is 0.493 e. The summed E-state index contributed by atoms with van der Waals surface area (Å²) in [6.07, 6.45) is 9.61. The van der Waals surface area contributed by atoms with Crippen LogP contribution < -0.4 is 4.74 Å². The Labute approximate surface area is 219 Å². The number of rotatable bonds is 13. The van der Waals surface area contributed by atoms with Crippen molar-refractivity contribution in [2.75, 3.05) is 26.7 Å². The number of halogens is 1. The molecule has 0 radical (unpaired) electrons. The van der Waals surface area contributed by atoms with Crippen molar-refractivity contribution in [3.63, 3.8) is 0 Å². The Morgan fingerprint density at radius 2 is 1.69 bits per heavy atom. The number of furan rings is 1. The fraction of sp³-hybridized carbons (Fsp3) is 0.286. The highest BCUT2D eigenvalue weighted by Gasteiger charge is 2.09. The first-order valence-electron chi connectivity index (χ1n) is 11.6. The van der Waals surface area contributed by atoms with E-state index in [0.717, 1.165) is 58.4 Å². The molecule has 1 aromatic heterocycles. The molecule has 0 amide bonds. The molecule has 1 heterocycles. The number of aliphatic carboxylic acids is 2. The summed E-state index contributed by atoms with van der Waals surface area (Å²) in [5.74, 6) is -1.64. The third kappa shape index (κ3) is 10.5. The number of carboxylic acids is 2. The Kier molecular flexibility index (Phi) is 12.5. The van der Waals surface area contributed by atoms with Crippen LogP contribution in [0.4, 0.5) is 0 Å². The molecule has 7 nitrogen and oxygen atoms in total. The summed E-state index contributed by atoms with van der Waals surface area (Å²) in [6.45, 7) is 6.60. The van der Waals surface area contributed by atoms with Crippen molar-refractivity contribution in [1.82, 2.24) is 4.90 Å². The molecule has 0 saturated carbocycles. The molecular formula is C28H32BrNO6. The molecule has 0 bridgehead atoms. The van der Waals surface area contributed by atoms with Gasteiger partial charge in [-0.05, 0) is 56.3 Å². The minimum atomic E-state index is -1.26. The van der Waals surface area contributed by atoms with Gasteiger partial charge in [-0.3, -0.25) is 0 Å². The maximum absolute atomic E-state index is 9.55. The smallest absolute Gasteiger partial charge is 0.328 e. The van der Waals surface area contributed by atoms with Gasteiger partial charge in [-0.2, -0.15) is 0 Å². The average Bonchev–Trinajstić information content (AvgIpc) is 3.26. The lowest BCUT2D eigenvalue weighted by molar-refractivity contribution is -0.134. The monoisotopic (exact) mass is 557 g/mol. The number of fused-ring (bicyclic) bond motifs is 1. The number of benzene rings is 2. The van der Waals surface area contributed by atoms with Crippen LogP contribution in [0.3, 0.4) is 0 Å². The molecule has 0 aliphatic carbocycles. The first-order chi connectivity index (χ1) is 17.3. The zero-order chi connectivity index (χ0) is 26.3. The van der Waals surface area contributed by atoms with Gasteiger partial charge >= 0.3 is 11.9 Å². The van der Waals surface area contributed by atoms with E-state index < -0.39 is 11.9 Å². The molecule has 0 aliphatic heterocycles. The van der Waals surface area contributed by atoms with Gasteiger partial charge in [0.15, 0.2) is 0 Å². The maximum Gasteiger partial charge on any atom is 0.328 e. The van der Waals surface area contributed by atoms with Crippen LogP contribution in [0.1, 0.15) is 25.7 Å². The third-order valence-corrected chi connectivity index (χ3v) is 5.74. The van der Waals surface area contributed by atoms with Gasteiger partial charge in [-0.25, -0.2) is 9.59 Å². The van der Waals surface area contributed by atoms with E-state index in [0.29, 0.717) is 12.2 Å². The van der Waals surface area contributed by atoms with E-state index in [-0.39, 0.29) is 0 Å². The Morgan fingerprint density at radius 3 is 2.33 bits per heavy atom. The molecule has 2 aromatic carbocycles. The number of carbonyl (C=O) groups is 2. The Hall–Kier alpha value is -3.36. The van der Waals surface area contributed by atoms with Crippen molar-refractivity contribution in [3.05, 3.63) is 78.0 Å². The summed E-state index contributed by atoms with van der Waals surface area (Å²) in [4.78, 5) is 21.4. The van der Waals surface area contributed by atoms with Gasteiger partial charge in [0.25, 0.3) is 0 Å². The number of unbranched alkanes of at least 4 members (excludes halogenated alkanes) is 3. The molecule has 8 heteroatoms.